The van der Waals surface area contributed by atoms with Crippen molar-refractivity contribution >= 4 is 30.5 Å². The van der Waals surface area contributed by atoms with E-state index in [4.69, 9.17) is 5.73 Å². The highest BCUT2D eigenvalue weighted by Gasteiger charge is 2.35. The Morgan fingerprint density at radius 2 is 1.57 bits per heavy atom. The zero-order valence-corrected chi connectivity index (χ0v) is 14.6. The molecule has 0 aliphatic carbocycles. The molecule has 2 heterocycles. The van der Waals surface area contributed by atoms with E-state index in [0.717, 1.165) is 31.9 Å². The van der Waals surface area contributed by atoms with Crippen LogP contribution in [0.1, 0.15) is 28.7 Å². The number of anilines is 1. The van der Waals surface area contributed by atoms with Gasteiger partial charge in [-0.1, -0.05) is 42.5 Å². The number of nitrogens with one attached hydrogen (secondary N) is 1. The Morgan fingerprint density at radius 1 is 0.913 bits per heavy atom. The van der Waals surface area contributed by atoms with Crippen LogP contribution in [-0.4, -0.2) is 31.1 Å². The van der Waals surface area contributed by atoms with Crippen molar-refractivity contribution in [3.05, 3.63) is 65.2 Å². The van der Waals surface area contributed by atoms with E-state index < -0.39 is 0 Å². The summed E-state index contributed by atoms with van der Waals surface area (Å²) < 4.78 is 0. The van der Waals surface area contributed by atoms with Gasteiger partial charge in [-0.3, -0.25) is 4.90 Å². The molecule has 2 aromatic carbocycles. The predicted octanol–water partition coefficient (Wildman–Crippen LogP) is 3.20. The highest BCUT2D eigenvalue weighted by molar-refractivity contribution is 5.85. The van der Waals surface area contributed by atoms with Crippen LogP contribution in [0.4, 0.5) is 5.69 Å². The lowest BCUT2D eigenvalue weighted by Gasteiger charge is -2.44. The molecule has 4 rings (SSSR count). The topological polar surface area (TPSA) is 41.3 Å². The van der Waals surface area contributed by atoms with Gasteiger partial charge in [0.1, 0.15) is 0 Å². The van der Waals surface area contributed by atoms with Gasteiger partial charge in [0.25, 0.3) is 0 Å². The molecule has 0 aromatic heterocycles. The van der Waals surface area contributed by atoms with Crippen molar-refractivity contribution < 1.29 is 0 Å². The molecular weight excluding hydrogens is 329 g/mol. The second kappa shape index (κ2) is 7.54. The van der Waals surface area contributed by atoms with Gasteiger partial charge in [-0.25, -0.2) is 0 Å². The Bertz CT molecular complexity index is 662. The zero-order chi connectivity index (χ0) is 14.2. The lowest BCUT2D eigenvalue weighted by Crippen LogP contribution is -2.50. The summed E-state index contributed by atoms with van der Waals surface area (Å²) in [5.41, 5.74) is 11.3. The summed E-state index contributed by atoms with van der Waals surface area (Å²) in [4.78, 5) is 2.61. The van der Waals surface area contributed by atoms with Crippen LogP contribution in [0.15, 0.2) is 48.5 Å². The maximum Gasteiger partial charge on any atom is 0.0476 e. The molecular formula is C18H23Cl2N3. The summed E-state index contributed by atoms with van der Waals surface area (Å²) in [5, 5.41) is 3.52. The van der Waals surface area contributed by atoms with Gasteiger partial charge in [0.15, 0.2) is 0 Å². The Hall–Kier alpha value is -1.26. The maximum atomic E-state index is 6.25. The van der Waals surface area contributed by atoms with Gasteiger partial charge in [0.05, 0.1) is 0 Å². The van der Waals surface area contributed by atoms with Crippen LogP contribution in [0.25, 0.3) is 0 Å². The van der Waals surface area contributed by atoms with Gasteiger partial charge in [-0.2, -0.15) is 0 Å². The van der Waals surface area contributed by atoms with Crippen LogP contribution in [0.3, 0.4) is 0 Å². The van der Waals surface area contributed by atoms with E-state index in [9.17, 15) is 0 Å². The van der Waals surface area contributed by atoms with E-state index in [-0.39, 0.29) is 24.8 Å². The zero-order valence-electron chi connectivity index (χ0n) is 12.9. The molecule has 1 saturated heterocycles. The molecule has 0 bridgehead atoms. The molecule has 0 amide bonds. The van der Waals surface area contributed by atoms with Crippen molar-refractivity contribution in [1.82, 2.24) is 10.2 Å². The Labute approximate surface area is 150 Å². The van der Waals surface area contributed by atoms with Gasteiger partial charge in [-0.05, 0) is 22.8 Å². The predicted molar refractivity (Wildman–Crippen MR) is 101 cm³/mol. The molecule has 124 valence electrons. The lowest BCUT2D eigenvalue weighted by atomic mass is 9.80. The number of hydrogen-bond acceptors (Lipinski definition) is 3. The second-order valence-corrected chi connectivity index (χ2v) is 6.03. The van der Waals surface area contributed by atoms with E-state index in [1.54, 1.807) is 0 Å². The first-order valence-corrected chi connectivity index (χ1v) is 7.72. The third kappa shape index (κ3) is 3.20. The van der Waals surface area contributed by atoms with Crippen LogP contribution in [0, 0.1) is 0 Å². The molecule has 0 radical (unpaired) electrons. The summed E-state index contributed by atoms with van der Waals surface area (Å²) in [6.07, 6.45) is 0. The SMILES string of the molecule is Cl.Cl.Nc1ccccc1[C@H]1CN2CCNC[C@H]2c2ccccc21. The molecule has 0 saturated carbocycles. The quantitative estimate of drug-likeness (QED) is 0.775. The van der Waals surface area contributed by atoms with Crippen molar-refractivity contribution in [2.75, 3.05) is 31.9 Å². The number of benzene rings is 2. The van der Waals surface area contributed by atoms with Gasteiger partial charge < -0.3 is 11.1 Å². The number of rotatable bonds is 1. The number of fused-ring (bicyclic) bond motifs is 3. The van der Waals surface area contributed by atoms with E-state index in [1.165, 1.54) is 16.7 Å². The fraction of sp³-hybridized carbons (Fsp3) is 0.333. The fourth-order valence-electron chi connectivity index (χ4n) is 3.83. The number of para-hydroxylation sites is 1. The van der Waals surface area contributed by atoms with Crippen molar-refractivity contribution in [3.63, 3.8) is 0 Å². The molecule has 0 unspecified atom stereocenters. The molecule has 2 atom stereocenters. The number of hydrogen-bond donors (Lipinski definition) is 2. The first kappa shape index (κ1) is 18.1. The molecule has 5 heteroatoms. The van der Waals surface area contributed by atoms with Gasteiger partial charge in [0, 0.05) is 43.8 Å². The van der Waals surface area contributed by atoms with Gasteiger partial charge in [-0.15, -0.1) is 24.8 Å². The van der Waals surface area contributed by atoms with Crippen LogP contribution in [0.5, 0.6) is 0 Å². The number of piperazine rings is 1. The van der Waals surface area contributed by atoms with Crippen molar-refractivity contribution in [2.24, 2.45) is 0 Å². The van der Waals surface area contributed by atoms with Crippen molar-refractivity contribution in [1.29, 1.82) is 0 Å². The normalized spacial score (nSPS) is 23.0. The molecule has 3 nitrogen and oxygen atoms in total. The van der Waals surface area contributed by atoms with E-state index >= 15 is 0 Å². The Kier molecular flexibility index (Phi) is 5.93. The van der Waals surface area contributed by atoms with Crippen LogP contribution in [-0.2, 0) is 0 Å². The number of nitrogen functional groups attached to an aromatic ring is 1. The summed E-state index contributed by atoms with van der Waals surface area (Å²) in [5.74, 6) is 0.386. The first-order valence-electron chi connectivity index (χ1n) is 7.72. The molecule has 3 N–H and O–H groups in total. The lowest BCUT2D eigenvalue weighted by molar-refractivity contribution is 0.143. The Morgan fingerprint density at radius 3 is 2.30 bits per heavy atom. The molecule has 2 aromatic rings. The number of nitrogens with two attached hydrogens (primary N) is 1. The summed E-state index contributed by atoms with van der Waals surface area (Å²) in [7, 11) is 0. The van der Waals surface area contributed by atoms with Crippen molar-refractivity contribution in [2.45, 2.75) is 12.0 Å². The highest BCUT2D eigenvalue weighted by atomic mass is 35.5. The third-order valence-corrected chi connectivity index (χ3v) is 4.87. The van der Waals surface area contributed by atoms with Gasteiger partial charge >= 0.3 is 0 Å². The van der Waals surface area contributed by atoms with Crippen LogP contribution < -0.4 is 11.1 Å². The average Bonchev–Trinajstić information content (AvgIpc) is 2.55. The summed E-state index contributed by atoms with van der Waals surface area (Å²) in [6, 6.07) is 17.7. The van der Waals surface area contributed by atoms with E-state index in [0.29, 0.717) is 12.0 Å². The highest BCUT2D eigenvalue weighted by Crippen LogP contribution is 2.41. The second-order valence-electron chi connectivity index (χ2n) is 6.03. The summed E-state index contributed by atoms with van der Waals surface area (Å²) in [6.45, 7) is 4.31. The van der Waals surface area contributed by atoms with Gasteiger partial charge in [0.2, 0.25) is 0 Å². The fourth-order valence-corrected chi connectivity index (χ4v) is 3.83. The molecule has 2 aliphatic rings. The summed E-state index contributed by atoms with van der Waals surface area (Å²) >= 11 is 0. The minimum atomic E-state index is 0. The van der Waals surface area contributed by atoms with E-state index in [2.05, 4.69) is 46.6 Å². The monoisotopic (exact) mass is 351 g/mol. The van der Waals surface area contributed by atoms with Crippen molar-refractivity contribution in [3.8, 4) is 0 Å². The Balaban J connectivity index is 0.000000960. The number of halogens is 2. The molecule has 23 heavy (non-hydrogen) atoms. The molecule has 1 fully saturated rings. The third-order valence-electron chi connectivity index (χ3n) is 4.87. The average molecular weight is 352 g/mol. The minimum absolute atomic E-state index is 0. The van der Waals surface area contributed by atoms with Crippen LogP contribution >= 0.6 is 24.8 Å². The minimum Gasteiger partial charge on any atom is -0.398 e. The standard InChI is InChI=1S/C18H21N3.2ClH/c19-17-8-4-3-6-14(17)16-12-21-10-9-20-11-18(21)15-7-2-1-5-13(15)16;;/h1-8,16,18,20H,9-12,19H2;2*1H/t16-,18-;;/m0../s1. The molecule has 0 spiro atoms. The number of nitrogens with zero attached hydrogens (tertiary/aromatic N) is 1. The molecule has 2 aliphatic heterocycles. The largest absolute Gasteiger partial charge is 0.398 e. The first-order chi connectivity index (χ1) is 10.3. The maximum absolute atomic E-state index is 6.25. The van der Waals surface area contributed by atoms with Crippen LogP contribution in [0.2, 0.25) is 0 Å². The van der Waals surface area contributed by atoms with E-state index in [1.807, 2.05) is 12.1 Å². The smallest absolute Gasteiger partial charge is 0.0476 e.